The monoisotopic (exact) mass is 342 g/mol. The van der Waals surface area contributed by atoms with Gasteiger partial charge in [0.2, 0.25) is 5.78 Å². The second-order valence-electron chi connectivity index (χ2n) is 6.11. The third-order valence-corrected chi connectivity index (χ3v) is 5.27. The summed E-state index contributed by atoms with van der Waals surface area (Å²) in [6.45, 7) is 2.77. The Balaban J connectivity index is 1.63. The zero-order chi connectivity index (χ0) is 16.8. The van der Waals surface area contributed by atoms with Gasteiger partial charge >= 0.3 is 0 Å². The molecule has 2 heterocycles. The number of benzene rings is 1. The molecule has 0 bridgehead atoms. The highest BCUT2D eigenvalue weighted by Crippen LogP contribution is 2.18. The highest BCUT2D eigenvalue weighted by molar-refractivity contribution is 7.12. The fraction of sp³-hybridized carbons (Fsp3) is 0.368. The molecule has 2 N–H and O–H groups in total. The van der Waals surface area contributed by atoms with E-state index in [1.165, 1.54) is 24.2 Å². The molecule has 1 amide bonds. The SMILES string of the molecule is O=C(NCCC1CCCNC1)c1ccccc1C(=O)c1cccs1. The van der Waals surface area contributed by atoms with Gasteiger partial charge in [0, 0.05) is 12.1 Å². The first-order valence-corrected chi connectivity index (χ1v) is 9.30. The maximum Gasteiger partial charge on any atom is 0.252 e. The first-order valence-electron chi connectivity index (χ1n) is 8.42. The highest BCUT2D eigenvalue weighted by Gasteiger charge is 2.19. The molecule has 4 nitrogen and oxygen atoms in total. The van der Waals surface area contributed by atoms with Crippen LogP contribution in [0.4, 0.5) is 0 Å². The molecule has 2 aromatic rings. The molecule has 0 spiro atoms. The molecule has 3 rings (SSSR count). The molecule has 1 unspecified atom stereocenters. The van der Waals surface area contributed by atoms with Gasteiger partial charge in [0.05, 0.1) is 10.4 Å². The molecule has 0 aliphatic carbocycles. The minimum Gasteiger partial charge on any atom is -0.352 e. The van der Waals surface area contributed by atoms with Crippen LogP contribution in [0.15, 0.2) is 41.8 Å². The van der Waals surface area contributed by atoms with E-state index >= 15 is 0 Å². The molecule has 1 atom stereocenters. The Labute approximate surface area is 146 Å². The van der Waals surface area contributed by atoms with E-state index in [2.05, 4.69) is 10.6 Å². The lowest BCUT2D eigenvalue weighted by atomic mass is 9.96. The molecule has 1 aliphatic rings. The van der Waals surface area contributed by atoms with Gasteiger partial charge in [-0.15, -0.1) is 11.3 Å². The van der Waals surface area contributed by atoms with Crippen molar-refractivity contribution < 1.29 is 9.59 Å². The minimum atomic E-state index is -0.167. The van der Waals surface area contributed by atoms with Crippen LogP contribution in [0.25, 0.3) is 0 Å². The highest BCUT2D eigenvalue weighted by atomic mass is 32.1. The standard InChI is InChI=1S/C19H22N2O2S/c22-18(17-8-4-12-24-17)15-6-1-2-7-16(15)19(23)21-11-9-14-5-3-10-20-13-14/h1-2,4,6-8,12,14,20H,3,5,9-11,13H2,(H,21,23). The predicted octanol–water partition coefficient (Wildman–Crippen LogP) is 3.10. The van der Waals surface area contributed by atoms with Gasteiger partial charge in [-0.25, -0.2) is 0 Å². The van der Waals surface area contributed by atoms with Gasteiger partial charge in [-0.3, -0.25) is 9.59 Å². The molecule has 1 aliphatic heterocycles. The van der Waals surface area contributed by atoms with Crippen LogP contribution in [-0.2, 0) is 0 Å². The zero-order valence-corrected chi connectivity index (χ0v) is 14.4. The largest absolute Gasteiger partial charge is 0.352 e. The van der Waals surface area contributed by atoms with Gasteiger partial charge in [-0.2, -0.15) is 0 Å². The Morgan fingerprint density at radius 3 is 2.71 bits per heavy atom. The van der Waals surface area contributed by atoms with Gasteiger partial charge in [-0.05, 0) is 55.8 Å². The average molecular weight is 342 g/mol. The zero-order valence-electron chi connectivity index (χ0n) is 13.6. The van der Waals surface area contributed by atoms with Crippen molar-refractivity contribution in [3.05, 3.63) is 57.8 Å². The molecular formula is C19H22N2O2S. The Hall–Kier alpha value is -1.98. The summed E-state index contributed by atoms with van der Waals surface area (Å²) in [5, 5.41) is 8.23. The normalized spacial score (nSPS) is 17.4. The summed E-state index contributed by atoms with van der Waals surface area (Å²) in [5.41, 5.74) is 0.925. The van der Waals surface area contributed by atoms with E-state index in [1.54, 1.807) is 30.3 Å². The fourth-order valence-electron chi connectivity index (χ4n) is 3.08. The lowest BCUT2D eigenvalue weighted by Gasteiger charge is -2.22. The van der Waals surface area contributed by atoms with E-state index < -0.39 is 0 Å². The number of nitrogens with one attached hydrogen (secondary N) is 2. The number of rotatable bonds is 6. The second kappa shape index (κ2) is 8.22. The van der Waals surface area contributed by atoms with Crippen LogP contribution in [0.1, 0.15) is 44.9 Å². The van der Waals surface area contributed by atoms with Crippen molar-refractivity contribution in [2.45, 2.75) is 19.3 Å². The number of ketones is 1. The fourth-order valence-corrected chi connectivity index (χ4v) is 3.75. The molecule has 1 aromatic carbocycles. The van der Waals surface area contributed by atoms with Gasteiger partial charge in [0.25, 0.3) is 5.91 Å². The van der Waals surface area contributed by atoms with Gasteiger partial charge in [0.1, 0.15) is 0 Å². The van der Waals surface area contributed by atoms with Gasteiger partial charge in [-0.1, -0.05) is 24.3 Å². The molecule has 1 saturated heterocycles. The van der Waals surface area contributed by atoms with Crippen molar-refractivity contribution in [1.82, 2.24) is 10.6 Å². The van der Waals surface area contributed by atoms with E-state index in [0.29, 0.717) is 28.5 Å². The number of carbonyl (C=O) groups excluding carboxylic acids is 2. The quantitative estimate of drug-likeness (QED) is 0.793. The summed E-state index contributed by atoms with van der Waals surface area (Å²) in [6.07, 6.45) is 3.40. The first kappa shape index (κ1) is 16.9. The Morgan fingerprint density at radius 1 is 1.17 bits per heavy atom. The topological polar surface area (TPSA) is 58.2 Å². The van der Waals surface area contributed by atoms with E-state index in [9.17, 15) is 9.59 Å². The maximum atomic E-state index is 12.6. The number of piperidine rings is 1. The number of amides is 1. The first-order chi connectivity index (χ1) is 11.8. The molecule has 126 valence electrons. The molecular weight excluding hydrogens is 320 g/mol. The summed E-state index contributed by atoms with van der Waals surface area (Å²) >= 11 is 1.39. The molecule has 0 saturated carbocycles. The summed E-state index contributed by atoms with van der Waals surface area (Å²) in [5.74, 6) is 0.369. The number of thiophene rings is 1. The summed E-state index contributed by atoms with van der Waals surface area (Å²) in [4.78, 5) is 25.7. The smallest absolute Gasteiger partial charge is 0.252 e. The van der Waals surface area contributed by atoms with Crippen molar-refractivity contribution in [2.24, 2.45) is 5.92 Å². The van der Waals surface area contributed by atoms with Crippen molar-refractivity contribution in [3.63, 3.8) is 0 Å². The van der Waals surface area contributed by atoms with Gasteiger partial charge < -0.3 is 10.6 Å². The maximum absolute atomic E-state index is 12.6. The van der Waals surface area contributed by atoms with Crippen LogP contribution in [0, 0.1) is 5.92 Å². The minimum absolute atomic E-state index is 0.0905. The van der Waals surface area contributed by atoms with Crippen LogP contribution in [0.5, 0.6) is 0 Å². The molecule has 1 fully saturated rings. The third-order valence-electron chi connectivity index (χ3n) is 4.40. The Morgan fingerprint density at radius 2 is 2.00 bits per heavy atom. The Kier molecular flexibility index (Phi) is 5.77. The summed E-state index contributed by atoms with van der Waals surface area (Å²) < 4.78 is 0. The van der Waals surface area contributed by atoms with Crippen molar-refractivity contribution in [1.29, 1.82) is 0 Å². The van der Waals surface area contributed by atoms with Crippen LogP contribution in [-0.4, -0.2) is 31.3 Å². The number of carbonyl (C=O) groups is 2. The van der Waals surface area contributed by atoms with Crippen LogP contribution in [0.2, 0.25) is 0 Å². The van der Waals surface area contributed by atoms with E-state index in [0.717, 1.165) is 19.5 Å². The van der Waals surface area contributed by atoms with E-state index in [4.69, 9.17) is 0 Å². The van der Waals surface area contributed by atoms with E-state index in [-0.39, 0.29) is 11.7 Å². The summed E-state index contributed by atoms with van der Waals surface area (Å²) in [6, 6.07) is 10.7. The summed E-state index contributed by atoms with van der Waals surface area (Å²) in [7, 11) is 0. The van der Waals surface area contributed by atoms with Crippen LogP contribution in [0.3, 0.4) is 0 Å². The Bertz CT molecular complexity index is 691. The number of hydrogen-bond acceptors (Lipinski definition) is 4. The second-order valence-corrected chi connectivity index (χ2v) is 7.06. The lowest BCUT2D eigenvalue weighted by Crippen LogP contribution is -2.33. The van der Waals surface area contributed by atoms with Crippen molar-refractivity contribution >= 4 is 23.0 Å². The lowest BCUT2D eigenvalue weighted by molar-refractivity contribution is 0.0940. The molecule has 5 heteroatoms. The van der Waals surface area contributed by atoms with Gasteiger partial charge in [0.15, 0.2) is 0 Å². The van der Waals surface area contributed by atoms with Crippen LogP contribution < -0.4 is 10.6 Å². The van der Waals surface area contributed by atoms with Crippen molar-refractivity contribution in [2.75, 3.05) is 19.6 Å². The predicted molar refractivity (Wildman–Crippen MR) is 96.7 cm³/mol. The third kappa shape index (κ3) is 4.10. The van der Waals surface area contributed by atoms with Crippen molar-refractivity contribution in [3.8, 4) is 0 Å². The average Bonchev–Trinajstić information content (AvgIpc) is 3.16. The molecule has 0 radical (unpaired) electrons. The molecule has 24 heavy (non-hydrogen) atoms. The number of hydrogen-bond donors (Lipinski definition) is 2. The van der Waals surface area contributed by atoms with E-state index in [1.807, 2.05) is 11.4 Å². The van der Waals surface area contributed by atoms with Crippen LogP contribution >= 0.6 is 11.3 Å². The molecule has 1 aromatic heterocycles.